The number of Topliss-reactive ketones (excluding diaryl/α,β-unsaturated/α-hetero) is 1. The predicted octanol–water partition coefficient (Wildman–Crippen LogP) is 1.58. The van der Waals surface area contributed by atoms with E-state index < -0.39 is 83.4 Å². The van der Waals surface area contributed by atoms with Crippen molar-refractivity contribution < 1.29 is 55.1 Å². The normalized spacial score (nSPS) is 23.9. The lowest BCUT2D eigenvalue weighted by Gasteiger charge is -2.36. The molecular formula is C24H32F6N4O6. The highest BCUT2D eigenvalue weighted by molar-refractivity contribution is 5.96. The van der Waals surface area contributed by atoms with Gasteiger partial charge in [0, 0.05) is 19.0 Å². The first kappa shape index (κ1) is 31.6. The number of ether oxygens (including phenoxy) is 1. The number of carbonyl (C=O) groups excluding carboxylic acids is 5. The van der Waals surface area contributed by atoms with Crippen molar-refractivity contribution >= 4 is 29.4 Å². The van der Waals surface area contributed by atoms with Crippen molar-refractivity contribution in [3.63, 3.8) is 0 Å². The Morgan fingerprint density at radius 2 is 1.70 bits per heavy atom. The van der Waals surface area contributed by atoms with Crippen molar-refractivity contribution in [2.75, 3.05) is 19.7 Å². The molecule has 4 atom stereocenters. The van der Waals surface area contributed by atoms with E-state index in [1.165, 1.54) is 20.8 Å². The van der Waals surface area contributed by atoms with E-state index in [0.29, 0.717) is 12.8 Å². The molecule has 2 heterocycles. The molecule has 0 radical (unpaired) electrons. The fourth-order valence-corrected chi connectivity index (χ4v) is 5.04. The van der Waals surface area contributed by atoms with Gasteiger partial charge in [-0.2, -0.15) is 13.2 Å². The highest BCUT2D eigenvalue weighted by Gasteiger charge is 2.57. The van der Waals surface area contributed by atoms with Gasteiger partial charge < -0.3 is 20.9 Å². The summed E-state index contributed by atoms with van der Waals surface area (Å²) in [5.41, 5.74) is -1.67. The summed E-state index contributed by atoms with van der Waals surface area (Å²) >= 11 is 0. The van der Waals surface area contributed by atoms with Crippen LogP contribution in [0.3, 0.4) is 0 Å². The average molecular weight is 587 g/mol. The second-order valence-electron chi connectivity index (χ2n) is 11.7. The molecule has 3 aliphatic rings. The van der Waals surface area contributed by atoms with Gasteiger partial charge in [-0.1, -0.05) is 20.8 Å². The number of amides is 4. The van der Waals surface area contributed by atoms with Crippen LogP contribution in [0.1, 0.15) is 52.9 Å². The molecule has 3 N–H and O–H groups in total. The number of ketones is 1. The summed E-state index contributed by atoms with van der Waals surface area (Å²) in [4.78, 5) is 64.4. The number of hydrogen-bond acceptors (Lipinski definition) is 6. The number of halogens is 6. The van der Waals surface area contributed by atoms with Crippen LogP contribution in [0.4, 0.5) is 26.3 Å². The summed E-state index contributed by atoms with van der Waals surface area (Å²) in [5.74, 6) is -6.52. The van der Waals surface area contributed by atoms with Crippen molar-refractivity contribution in [1.29, 1.82) is 0 Å². The molecule has 10 nitrogen and oxygen atoms in total. The van der Waals surface area contributed by atoms with Crippen LogP contribution < -0.4 is 16.0 Å². The molecular weight excluding hydrogens is 554 g/mol. The Bertz CT molecular complexity index is 1040. The van der Waals surface area contributed by atoms with Gasteiger partial charge in [-0.05, 0) is 42.9 Å². The van der Waals surface area contributed by atoms with E-state index in [4.69, 9.17) is 0 Å². The topological polar surface area (TPSA) is 134 Å². The van der Waals surface area contributed by atoms with Gasteiger partial charge in [0.1, 0.15) is 18.7 Å². The van der Waals surface area contributed by atoms with Crippen LogP contribution in [0.25, 0.3) is 0 Å². The van der Waals surface area contributed by atoms with Gasteiger partial charge in [-0.3, -0.25) is 28.7 Å². The second-order valence-corrected chi connectivity index (χ2v) is 11.7. The molecule has 3 rings (SSSR count). The van der Waals surface area contributed by atoms with Gasteiger partial charge in [0.2, 0.25) is 17.7 Å². The molecule has 1 aliphatic carbocycles. The van der Waals surface area contributed by atoms with Crippen molar-refractivity contribution in [3.05, 3.63) is 0 Å². The molecule has 2 aliphatic heterocycles. The van der Waals surface area contributed by atoms with E-state index in [2.05, 4.69) is 15.4 Å². The van der Waals surface area contributed by atoms with Gasteiger partial charge in [-0.15, -0.1) is 13.2 Å². The van der Waals surface area contributed by atoms with Crippen LogP contribution in [0.15, 0.2) is 0 Å². The summed E-state index contributed by atoms with van der Waals surface area (Å²) in [7, 11) is 0. The largest absolute Gasteiger partial charge is 0.522 e. The molecule has 2 saturated heterocycles. The second kappa shape index (κ2) is 11.2. The summed E-state index contributed by atoms with van der Waals surface area (Å²) in [6.07, 6.45) is -9.05. The van der Waals surface area contributed by atoms with Gasteiger partial charge in [0.15, 0.2) is 5.78 Å². The fourth-order valence-electron chi connectivity index (χ4n) is 5.04. The molecule has 0 aromatic carbocycles. The Labute approximate surface area is 225 Å². The molecule has 0 bridgehead atoms. The third-order valence-corrected chi connectivity index (χ3v) is 7.46. The molecule has 0 unspecified atom stereocenters. The minimum Gasteiger partial charge on any atom is -0.356 e. The third kappa shape index (κ3) is 7.85. The number of hydrogen-bond donors (Lipinski definition) is 3. The minimum absolute atomic E-state index is 0.0131. The average Bonchev–Trinajstić information content (AvgIpc) is 3.27. The van der Waals surface area contributed by atoms with Gasteiger partial charge in [-0.25, -0.2) is 0 Å². The first-order chi connectivity index (χ1) is 18.2. The summed E-state index contributed by atoms with van der Waals surface area (Å²) in [5, 5.41) is 6.60. The molecule has 4 amide bonds. The summed E-state index contributed by atoms with van der Waals surface area (Å²) < 4.78 is 80.2. The monoisotopic (exact) mass is 586 g/mol. The molecule has 226 valence electrons. The van der Waals surface area contributed by atoms with Gasteiger partial charge in [0.05, 0.1) is 6.04 Å². The summed E-state index contributed by atoms with van der Waals surface area (Å²) in [6.45, 7) is 3.18. The lowest BCUT2D eigenvalue weighted by molar-refractivity contribution is -0.321. The van der Waals surface area contributed by atoms with Crippen molar-refractivity contribution in [3.8, 4) is 0 Å². The Kier molecular flexibility index (Phi) is 8.82. The van der Waals surface area contributed by atoms with Gasteiger partial charge in [0.25, 0.3) is 0 Å². The minimum atomic E-state index is -5.26. The predicted molar refractivity (Wildman–Crippen MR) is 124 cm³/mol. The van der Waals surface area contributed by atoms with E-state index in [-0.39, 0.29) is 32.4 Å². The van der Waals surface area contributed by atoms with Crippen LogP contribution >= 0.6 is 0 Å². The van der Waals surface area contributed by atoms with E-state index in [0.717, 1.165) is 4.90 Å². The zero-order chi connectivity index (χ0) is 30.3. The van der Waals surface area contributed by atoms with Crippen molar-refractivity contribution in [2.45, 2.75) is 83.5 Å². The quantitative estimate of drug-likeness (QED) is 0.352. The van der Waals surface area contributed by atoms with E-state index >= 15 is 0 Å². The standard InChI is InChI=1S/C24H32F6N4O6/c1-21(2,3)16(33-20(39)23(25,26)27)19(38)34-11-22(5-6-22)9-14(34)18(37)32-13(8-12-4-7-31-17(12)36)15(35)10-40-24(28,29)30/h12-14,16H,4-11H2,1-3H3,(H,31,36)(H,32,37)(H,33,39)/t12-,13-,14-,16+/m0/s1. The highest BCUT2D eigenvalue weighted by atomic mass is 19.4. The maximum absolute atomic E-state index is 13.5. The molecule has 40 heavy (non-hydrogen) atoms. The molecule has 1 saturated carbocycles. The first-order valence-corrected chi connectivity index (χ1v) is 12.7. The zero-order valence-corrected chi connectivity index (χ0v) is 22.1. The number of alkyl halides is 6. The number of carbonyl (C=O) groups is 5. The molecule has 1 spiro atoms. The van der Waals surface area contributed by atoms with Crippen LogP contribution in [-0.4, -0.2) is 84.7 Å². The van der Waals surface area contributed by atoms with E-state index in [1.54, 1.807) is 5.32 Å². The Morgan fingerprint density at radius 1 is 1.07 bits per heavy atom. The number of nitrogens with zero attached hydrogens (tertiary/aromatic N) is 1. The maximum atomic E-state index is 13.5. The highest BCUT2D eigenvalue weighted by Crippen LogP contribution is 2.55. The lowest BCUT2D eigenvalue weighted by Crippen LogP contribution is -2.60. The molecule has 3 fully saturated rings. The smallest absolute Gasteiger partial charge is 0.356 e. The number of rotatable bonds is 9. The molecule has 0 aromatic rings. The zero-order valence-electron chi connectivity index (χ0n) is 22.1. The fraction of sp³-hybridized carbons (Fsp3) is 0.792. The maximum Gasteiger partial charge on any atom is 0.522 e. The van der Waals surface area contributed by atoms with E-state index in [9.17, 15) is 50.3 Å². The van der Waals surface area contributed by atoms with Crippen LogP contribution in [0.5, 0.6) is 0 Å². The van der Waals surface area contributed by atoms with Crippen molar-refractivity contribution in [2.24, 2.45) is 16.7 Å². The Balaban J connectivity index is 1.82. The number of nitrogens with one attached hydrogen (secondary N) is 3. The Hall–Kier alpha value is -2.91. The third-order valence-electron chi connectivity index (χ3n) is 7.46. The van der Waals surface area contributed by atoms with Crippen LogP contribution in [0, 0.1) is 16.7 Å². The SMILES string of the molecule is CC(C)(C)[C@H](NC(=O)C(F)(F)F)C(=O)N1CC2(CC2)C[C@H]1C(=O)N[C@@H](C[C@@H]1CCNC1=O)C(=O)COC(F)(F)F. The van der Waals surface area contributed by atoms with Crippen LogP contribution in [-0.2, 0) is 28.7 Å². The van der Waals surface area contributed by atoms with Gasteiger partial charge >= 0.3 is 18.4 Å². The van der Waals surface area contributed by atoms with Crippen molar-refractivity contribution in [1.82, 2.24) is 20.9 Å². The summed E-state index contributed by atoms with van der Waals surface area (Å²) in [6, 6.07) is -4.48. The molecule has 16 heteroatoms. The lowest BCUT2D eigenvalue weighted by atomic mass is 9.85. The molecule has 0 aromatic heterocycles. The van der Waals surface area contributed by atoms with Crippen LogP contribution in [0.2, 0.25) is 0 Å². The van der Waals surface area contributed by atoms with E-state index in [1.807, 2.05) is 0 Å². The first-order valence-electron chi connectivity index (χ1n) is 12.7. The number of likely N-dealkylation sites (tertiary alicyclic amines) is 1. The Morgan fingerprint density at radius 3 is 2.17 bits per heavy atom.